The summed E-state index contributed by atoms with van der Waals surface area (Å²) in [7, 11) is 0. The minimum Gasteiger partial charge on any atom is -0.351 e. The van der Waals surface area contributed by atoms with Crippen molar-refractivity contribution >= 4 is 17.5 Å². The van der Waals surface area contributed by atoms with Gasteiger partial charge >= 0.3 is 0 Å². The molecule has 2 aliphatic rings. The zero-order chi connectivity index (χ0) is 17.9. The zero-order valence-electron chi connectivity index (χ0n) is 15.3. The standard InChI is InChI=1S/C21H26N4O/c1-15-12-16-8-6-7-11-19(16)25(15)20(26)17-13-22-21(23-14-17)24-18-9-4-2-3-5-10-18/h6-8,11,13-15,18H,2-5,9-10,12H2,1H3,(H,22,23,24). The maximum Gasteiger partial charge on any atom is 0.261 e. The van der Waals surface area contributed by atoms with E-state index in [0.29, 0.717) is 17.6 Å². The Morgan fingerprint density at radius 2 is 1.77 bits per heavy atom. The molecule has 1 aromatic heterocycles. The van der Waals surface area contributed by atoms with E-state index in [4.69, 9.17) is 0 Å². The van der Waals surface area contributed by atoms with E-state index in [0.717, 1.165) is 12.1 Å². The third-order valence-electron chi connectivity index (χ3n) is 5.51. The number of carbonyl (C=O) groups excluding carboxylic acids is 1. The number of nitrogens with zero attached hydrogens (tertiary/aromatic N) is 3. The highest BCUT2D eigenvalue weighted by atomic mass is 16.2. The predicted octanol–water partition coefficient (Wildman–Crippen LogP) is 4.20. The zero-order valence-corrected chi connectivity index (χ0v) is 15.3. The van der Waals surface area contributed by atoms with Gasteiger partial charge in [-0.15, -0.1) is 0 Å². The number of nitrogens with one attached hydrogen (secondary N) is 1. The van der Waals surface area contributed by atoms with Crippen LogP contribution < -0.4 is 10.2 Å². The minimum atomic E-state index is -0.0246. The second-order valence-corrected chi connectivity index (χ2v) is 7.49. The Morgan fingerprint density at radius 3 is 2.50 bits per heavy atom. The van der Waals surface area contributed by atoms with Crippen molar-refractivity contribution in [3.8, 4) is 0 Å². The van der Waals surface area contributed by atoms with Crippen LogP contribution in [0.2, 0.25) is 0 Å². The molecule has 1 aromatic carbocycles. The number of fused-ring (bicyclic) bond motifs is 1. The van der Waals surface area contributed by atoms with Gasteiger partial charge in [-0.2, -0.15) is 0 Å². The first-order valence-electron chi connectivity index (χ1n) is 9.72. The lowest BCUT2D eigenvalue weighted by Gasteiger charge is -2.22. The molecule has 26 heavy (non-hydrogen) atoms. The van der Waals surface area contributed by atoms with Gasteiger partial charge in [0.15, 0.2) is 0 Å². The van der Waals surface area contributed by atoms with Crippen molar-refractivity contribution in [3.05, 3.63) is 47.8 Å². The maximum absolute atomic E-state index is 13.0. The number of aromatic nitrogens is 2. The van der Waals surface area contributed by atoms with E-state index >= 15 is 0 Å². The second-order valence-electron chi connectivity index (χ2n) is 7.49. The van der Waals surface area contributed by atoms with E-state index in [1.165, 1.54) is 44.1 Å². The third-order valence-corrected chi connectivity index (χ3v) is 5.51. The summed E-state index contributed by atoms with van der Waals surface area (Å²) >= 11 is 0. The number of carbonyl (C=O) groups is 1. The molecule has 0 saturated heterocycles. The van der Waals surface area contributed by atoms with E-state index in [1.807, 2.05) is 23.1 Å². The molecule has 1 fully saturated rings. The molecule has 5 nitrogen and oxygen atoms in total. The summed E-state index contributed by atoms with van der Waals surface area (Å²) in [5, 5.41) is 3.43. The van der Waals surface area contributed by atoms with Gasteiger partial charge in [0, 0.05) is 30.2 Å². The Hall–Kier alpha value is -2.43. The van der Waals surface area contributed by atoms with Crippen LogP contribution in [0.25, 0.3) is 0 Å². The average Bonchev–Trinajstić information content (AvgIpc) is 2.81. The van der Waals surface area contributed by atoms with Crippen molar-refractivity contribution in [1.82, 2.24) is 9.97 Å². The molecule has 1 unspecified atom stereocenters. The van der Waals surface area contributed by atoms with Gasteiger partial charge in [0.1, 0.15) is 0 Å². The van der Waals surface area contributed by atoms with Crippen LogP contribution in [0.5, 0.6) is 0 Å². The van der Waals surface area contributed by atoms with Gasteiger partial charge in [0.05, 0.1) is 5.56 Å². The SMILES string of the molecule is CC1Cc2ccccc2N1C(=O)c1cnc(NC2CCCCCC2)nc1. The number of anilines is 2. The maximum atomic E-state index is 13.0. The quantitative estimate of drug-likeness (QED) is 0.843. The van der Waals surface area contributed by atoms with Gasteiger partial charge in [-0.1, -0.05) is 43.9 Å². The molecular weight excluding hydrogens is 324 g/mol. The smallest absolute Gasteiger partial charge is 0.261 e. The lowest BCUT2D eigenvalue weighted by molar-refractivity contribution is 0.0981. The molecule has 1 saturated carbocycles. The molecule has 1 aliphatic carbocycles. The molecule has 2 aromatic rings. The number of para-hydroxylation sites is 1. The van der Waals surface area contributed by atoms with Gasteiger partial charge < -0.3 is 10.2 Å². The van der Waals surface area contributed by atoms with Crippen LogP contribution in [0.4, 0.5) is 11.6 Å². The van der Waals surface area contributed by atoms with E-state index in [2.05, 4.69) is 28.3 Å². The number of rotatable bonds is 3. The molecule has 4 rings (SSSR count). The fourth-order valence-corrected chi connectivity index (χ4v) is 4.13. The van der Waals surface area contributed by atoms with Crippen molar-refractivity contribution in [2.24, 2.45) is 0 Å². The Bertz CT molecular complexity index is 766. The van der Waals surface area contributed by atoms with E-state index in [1.54, 1.807) is 12.4 Å². The molecule has 0 radical (unpaired) electrons. The molecule has 1 N–H and O–H groups in total. The highest BCUT2D eigenvalue weighted by molar-refractivity contribution is 6.07. The van der Waals surface area contributed by atoms with Gasteiger partial charge in [-0.05, 0) is 37.8 Å². The van der Waals surface area contributed by atoms with Crippen molar-refractivity contribution in [3.63, 3.8) is 0 Å². The monoisotopic (exact) mass is 350 g/mol. The lowest BCUT2D eigenvalue weighted by atomic mass is 10.1. The first-order chi connectivity index (χ1) is 12.7. The number of benzene rings is 1. The Balaban J connectivity index is 1.47. The lowest BCUT2D eigenvalue weighted by Crippen LogP contribution is -2.35. The summed E-state index contributed by atoms with van der Waals surface area (Å²) in [4.78, 5) is 23.7. The van der Waals surface area contributed by atoms with Gasteiger partial charge in [0.2, 0.25) is 5.95 Å². The van der Waals surface area contributed by atoms with Crippen molar-refractivity contribution in [2.75, 3.05) is 10.2 Å². The van der Waals surface area contributed by atoms with E-state index in [-0.39, 0.29) is 11.9 Å². The summed E-state index contributed by atoms with van der Waals surface area (Å²) in [6, 6.07) is 8.71. The van der Waals surface area contributed by atoms with Crippen molar-refractivity contribution in [1.29, 1.82) is 0 Å². The number of hydrogen-bond acceptors (Lipinski definition) is 4. The van der Waals surface area contributed by atoms with Crippen LogP contribution in [-0.4, -0.2) is 28.0 Å². The van der Waals surface area contributed by atoms with Gasteiger partial charge in [-0.3, -0.25) is 4.79 Å². The highest BCUT2D eigenvalue weighted by Crippen LogP contribution is 2.33. The Labute approximate surface area is 154 Å². The normalized spacial score (nSPS) is 20.5. The second kappa shape index (κ2) is 7.44. The first-order valence-corrected chi connectivity index (χ1v) is 9.72. The number of amides is 1. The summed E-state index contributed by atoms with van der Waals surface area (Å²) in [6.07, 6.45) is 11.7. The van der Waals surface area contributed by atoms with Gasteiger partial charge in [-0.25, -0.2) is 9.97 Å². The average molecular weight is 350 g/mol. The van der Waals surface area contributed by atoms with Crippen LogP contribution in [0.1, 0.15) is 61.4 Å². The molecule has 0 spiro atoms. The Morgan fingerprint density at radius 1 is 1.08 bits per heavy atom. The molecule has 136 valence electrons. The highest BCUT2D eigenvalue weighted by Gasteiger charge is 2.31. The van der Waals surface area contributed by atoms with Crippen LogP contribution in [0.3, 0.4) is 0 Å². The first kappa shape index (κ1) is 17.0. The van der Waals surface area contributed by atoms with Crippen LogP contribution in [0, 0.1) is 0 Å². The molecule has 1 atom stereocenters. The van der Waals surface area contributed by atoms with E-state index < -0.39 is 0 Å². The fraction of sp³-hybridized carbons (Fsp3) is 0.476. The molecular formula is C21H26N4O. The molecule has 1 amide bonds. The summed E-state index contributed by atoms with van der Waals surface area (Å²) in [6.45, 7) is 2.08. The topological polar surface area (TPSA) is 58.1 Å². The van der Waals surface area contributed by atoms with E-state index in [9.17, 15) is 4.79 Å². The summed E-state index contributed by atoms with van der Waals surface area (Å²) < 4.78 is 0. The van der Waals surface area contributed by atoms with Crippen LogP contribution in [0.15, 0.2) is 36.7 Å². The largest absolute Gasteiger partial charge is 0.351 e. The van der Waals surface area contributed by atoms with Crippen molar-refractivity contribution < 1.29 is 4.79 Å². The summed E-state index contributed by atoms with van der Waals surface area (Å²) in [5.41, 5.74) is 2.77. The molecule has 5 heteroatoms. The Kier molecular flexibility index (Phi) is 4.87. The molecule has 0 bridgehead atoms. The van der Waals surface area contributed by atoms with Gasteiger partial charge in [0.25, 0.3) is 5.91 Å². The minimum absolute atomic E-state index is 0.0246. The predicted molar refractivity (Wildman–Crippen MR) is 104 cm³/mol. The molecule has 1 aliphatic heterocycles. The third kappa shape index (κ3) is 3.43. The van der Waals surface area contributed by atoms with Crippen LogP contribution in [-0.2, 0) is 6.42 Å². The van der Waals surface area contributed by atoms with Crippen molar-refractivity contribution in [2.45, 2.75) is 64.0 Å². The van der Waals surface area contributed by atoms with Crippen LogP contribution >= 0.6 is 0 Å². The fourth-order valence-electron chi connectivity index (χ4n) is 4.13. The number of hydrogen-bond donors (Lipinski definition) is 1. The summed E-state index contributed by atoms with van der Waals surface area (Å²) in [5.74, 6) is 0.604. The molecule has 2 heterocycles.